The maximum atomic E-state index is 8.33. The second kappa shape index (κ2) is 5.22. The molecule has 2 rings (SSSR count). The van der Waals surface area contributed by atoms with Crippen LogP contribution < -0.4 is 0 Å². The fourth-order valence-corrected chi connectivity index (χ4v) is 0.763. The normalized spacial score (nSPS) is 9.08. The summed E-state index contributed by atoms with van der Waals surface area (Å²) in [4.78, 5) is 0. The summed E-state index contributed by atoms with van der Waals surface area (Å²) in [6.07, 6.45) is 3.20. The van der Waals surface area contributed by atoms with Gasteiger partial charge in [-0.2, -0.15) is 0 Å². The molecule has 1 N–H and O–H groups in total. The Hall–Kier alpha value is -1.48. The van der Waals surface area contributed by atoms with E-state index in [9.17, 15) is 0 Å². The first-order valence-electron chi connectivity index (χ1n) is 3.96. The van der Waals surface area contributed by atoms with Crippen molar-refractivity contribution in [1.82, 2.24) is 0 Å². The molecule has 2 heterocycles. The zero-order valence-corrected chi connectivity index (χ0v) is 7.43. The van der Waals surface area contributed by atoms with Crippen molar-refractivity contribution in [3.8, 4) is 0 Å². The van der Waals surface area contributed by atoms with Crippen LogP contribution in [0.2, 0.25) is 0 Å². The van der Waals surface area contributed by atoms with Gasteiger partial charge in [0.2, 0.25) is 0 Å². The number of hydrogen-bond donors (Lipinski definition) is 1. The highest BCUT2D eigenvalue weighted by atomic mass is 16.4. The van der Waals surface area contributed by atoms with E-state index >= 15 is 0 Å². The van der Waals surface area contributed by atoms with Gasteiger partial charge in [-0.05, 0) is 31.2 Å². The average molecular weight is 180 g/mol. The Bertz CT molecular complexity index is 295. The minimum atomic E-state index is -0.00694. The molecule has 0 radical (unpaired) electrons. The van der Waals surface area contributed by atoms with Crippen molar-refractivity contribution in [1.29, 1.82) is 0 Å². The molecular weight excluding hydrogens is 168 g/mol. The van der Waals surface area contributed by atoms with E-state index in [2.05, 4.69) is 0 Å². The van der Waals surface area contributed by atoms with Gasteiger partial charge < -0.3 is 13.9 Å². The molecule has 3 nitrogen and oxygen atoms in total. The zero-order valence-electron chi connectivity index (χ0n) is 7.43. The van der Waals surface area contributed by atoms with Crippen LogP contribution in [0.5, 0.6) is 0 Å². The molecule has 0 aliphatic carbocycles. The van der Waals surface area contributed by atoms with E-state index in [-0.39, 0.29) is 6.61 Å². The highest BCUT2D eigenvalue weighted by Gasteiger charge is 1.85. The number of aliphatic hydroxyl groups is 1. The Morgan fingerprint density at radius 3 is 2.08 bits per heavy atom. The fraction of sp³-hybridized carbons (Fsp3) is 0.200. The molecule has 0 saturated carbocycles. The lowest BCUT2D eigenvalue weighted by Crippen LogP contribution is -1.72. The van der Waals surface area contributed by atoms with Crippen LogP contribution in [0.1, 0.15) is 11.5 Å². The summed E-state index contributed by atoms with van der Waals surface area (Å²) in [6, 6.07) is 7.25. The van der Waals surface area contributed by atoms with Crippen molar-refractivity contribution in [2.24, 2.45) is 0 Å². The Morgan fingerprint density at radius 2 is 1.85 bits per heavy atom. The highest BCUT2D eigenvalue weighted by molar-refractivity contribution is 4.95. The maximum Gasteiger partial charge on any atom is 0.129 e. The third-order valence-corrected chi connectivity index (χ3v) is 1.40. The summed E-state index contributed by atoms with van der Waals surface area (Å²) < 4.78 is 9.57. The first-order chi connectivity index (χ1) is 6.33. The molecule has 0 saturated heterocycles. The van der Waals surface area contributed by atoms with Gasteiger partial charge in [-0.15, -0.1) is 0 Å². The quantitative estimate of drug-likeness (QED) is 0.732. The van der Waals surface area contributed by atoms with Gasteiger partial charge in [-0.25, -0.2) is 0 Å². The van der Waals surface area contributed by atoms with E-state index < -0.39 is 0 Å². The van der Waals surface area contributed by atoms with Gasteiger partial charge in [0.1, 0.15) is 18.1 Å². The summed E-state index contributed by atoms with van der Waals surface area (Å²) in [6.45, 7) is 1.91. The topological polar surface area (TPSA) is 46.5 Å². The third kappa shape index (κ3) is 3.62. The van der Waals surface area contributed by atoms with Gasteiger partial charge in [0.15, 0.2) is 0 Å². The van der Waals surface area contributed by atoms with Gasteiger partial charge >= 0.3 is 0 Å². The van der Waals surface area contributed by atoms with Crippen LogP contribution in [0.25, 0.3) is 0 Å². The summed E-state index contributed by atoms with van der Waals surface area (Å²) in [5.74, 6) is 1.58. The van der Waals surface area contributed by atoms with Crippen LogP contribution in [-0.2, 0) is 6.61 Å². The van der Waals surface area contributed by atoms with Crippen molar-refractivity contribution < 1.29 is 13.9 Å². The molecule has 0 bridgehead atoms. The molecule has 0 unspecified atom stereocenters. The van der Waals surface area contributed by atoms with Gasteiger partial charge in [-0.3, -0.25) is 0 Å². The molecular formula is C10H12O3. The first kappa shape index (κ1) is 9.61. The summed E-state index contributed by atoms with van der Waals surface area (Å²) >= 11 is 0. The predicted octanol–water partition coefficient (Wildman–Crippen LogP) is 2.36. The number of hydrogen-bond acceptors (Lipinski definition) is 3. The summed E-state index contributed by atoms with van der Waals surface area (Å²) in [5, 5.41) is 8.33. The second-order valence-corrected chi connectivity index (χ2v) is 2.46. The predicted molar refractivity (Wildman–Crippen MR) is 48.1 cm³/mol. The molecule has 2 aromatic rings. The van der Waals surface area contributed by atoms with Crippen molar-refractivity contribution in [2.75, 3.05) is 0 Å². The molecule has 2 aromatic heterocycles. The van der Waals surface area contributed by atoms with Gasteiger partial charge in [0.05, 0.1) is 12.5 Å². The van der Waals surface area contributed by atoms with Crippen LogP contribution in [0, 0.1) is 6.92 Å². The number of aryl methyl sites for hydroxylation is 1. The van der Waals surface area contributed by atoms with Gasteiger partial charge in [-0.1, -0.05) is 0 Å². The van der Waals surface area contributed by atoms with Crippen LogP contribution >= 0.6 is 0 Å². The molecule has 3 heteroatoms. The van der Waals surface area contributed by atoms with Crippen molar-refractivity contribution in [3.05, 3.63) is 48.3 Å². The maximum absolute atomic E-state index is 8.33. The molecule has 13 heavy (non-hydrogen) atoms. The largest absolute Gasteiger partial charge is 0.470 e. The van der Waals surface area contributed by atoms with E-state index in [1.807, 2.05) is 19.1 Å². The zero-order chi connectivity index (χ0) is 9.52. The molecule has 70 valence electrons. The van der Waals surface area contributed by atoms with E-state index in [0.717, 1.165) is 5.76 Å². The van der Waals surface area contributed by atoms with Crippen LogP contribution in [0.4, 0.5) is 0 Å². The second-order valence-electron chi connectivity index (χ2n) is 2.46. The first-order valence-corrected chi connectivity index (χ1v) is 3.96. The number of aliphatic hydroxyl groups excluding tert-OH is 1. The van der Waals surface area contributed by atoms with Crippen LogP contribution in [-0.4, -0.2) is 5.11 Å². The lowest BCUT2D eigenvalue weighted by atomic mass is 10.5. The molecule has 0 aliphatic heterocycles. The van der Waals surface area contributed by atoms with E-state index in [0.29, 0.717) is 5.76 Å². The SMILES string of the molecule is Cc1ccco1.OCc1ccco1. The smallest absolute Gasteiger partial charge is 0.129 e. The standard InChI is InChI=1S/C5H6O2.C5H6O/c6-4-5-2-1-3-7-5;1-5-3-2-4-6-5/h1-3,6H,4H2;2-4H,1H3. The molecule has 0 atom stereocenters. The molecule has 0 aliphatic rings. The average Bonchev–Trinajstić information content (AvgIpc) is 2.76. The van der Waals surface area contributed by atoms with Crippen molar-refractivity contribution in [3.63, 3.8) is 0 Å². The van der Waals surface area contributed by atoms with E-state index in [4.69, 9.17) is 13.9 Å². The minimum absolute atomic E-state index is 0.00694. The van der Waals surface area contributed by atoms with Gasteiger partial charge in [0.25, 0.3) is 0 Å². The van der Waals surface area contributed by atoms with E-state index in [1.54, 1.807) is 18.4 Å². The fourth-order valence-electron chi connectivity index (χ4n) is 0.763. The molecule has 0 amide bonds. The number of rotatable bonds is 1. The van der Waals surface area contributed by atoms with E-state index in [1.165, 1.54) is 6.26 Å². The molecule has 0 fully saturated rings. The Balaban J connectivity index is 0.000000132. The van der Waals surface area contributed by atoms with Crippen molar-refractivity contribution in [2.45, 2.75) is 13.5 Å². The third-order valence-electron chi connectivity index (χ3n) is 1.40. The highest BCUT2D eigenvalue weighted by Crippen LogP contribution is 1.96. The monoisotopic (exact) mass is 180 g/mol. The number of furan rings is 2. The minimum Gasteiger partial charge on any atom is -0.470 e. The lowest BCUT2D eigenvalue weighted by Gasteiger charge is -1.79. The molecule has 0 spiro atoms. The Kier molecular flexibility index (Phi) is 3.85. The van der Waals surface area contributed by atoms with Crippen molar-refractivity contribution >= 4 is 0 Å². The molecule has 0 aromatic carbocycles. The van der Waals surface area contributed by atoms with Crippen LogP contribution in [0.15, 0.2) is 45.6 Å². The Morgan fingerprint density at radius 1 is 1.15 bits per heavy atom. The Labute approximate surface area is 76.6 Å². The van der Waals surface area contributed by atoms with Gasteiger partial charge in [0, 0.05) is 0 Å². The van der Waals surface area contributed by atoms with Crippen LogP contribution in [0.3, 0.4) is 0 Å². The lowest BCUT2D eigenvalue weighted by molar-refractivity contribution is 0.247. The summed E-state index contributed by atoms with van der Waals surface area (Å²) in [7, 11) is 0. The summed E-state index contributed by atoms with van der Waals surface area (Å²) in [5.41, 5.74) is 0.